The van der Waals surface area contributed by atoms with Crippen LogP contribution in [0.15, 0.2) is 18.2 Å². The fourth-order valence-corrected chi connectivity index (χ4v) is 2.10. The first-order valence-electron chi connectivity index (χ1n) is 4.07. The topological polar surface area (TPSA) is 25.8 Å². The molecule has 0 N–H and O–H groups in total. The van der Waals surface area contributed by atoms with Gasteiger partial charge in [0.1, 0.15) is 9.53 Å². The number of rotatable bonds is 0. The Morgan fingerprint density at radius 1 is 1.15 bits per heavy atom. The van der Waals surface area contributed by atoms with Crippen molar-refractivity contribution in [2.24, 2.45) is 0 Å². The molecule has 0 unspecified atom stereocenters. The van der Waals surface area contributed by atoms with Crippen molar-refractivity contribution in [1.82, 2.24) is 9.97 Å². The van der Waals surface area contributed by atoms with Crippen LogP contribution in [0.1, 0.15) is 11.4 Å². The van der Waals surface area contributed by atoms with Crippen molar-refractivity contribution in [3.8, 4) is 0 Å². The summed E-state index contributed by atoms with van der Waals surface area (Å²) in [5.74, 6) is 0.834. The molecular weight excluding hydrogens is 275 g/mol. The molecule has 1 aromatic heterocycles. The molecule has 0 aliphatic heterocycles. The number of fused-ring (bicyclic) bond motifs is 1. The predicted octanol–water partition coefficient (Wildman–Crippen LogP) is 2.85. The van der Waals surface area contributed by atoms with Crippen LogP contribution in [0.3, 0.4) is 0 Å². The van der Waals surface area contributed by atoms with Gasteiger partial charge < -0.3 is 0 Å². The maximum absolute atomic E-state index is 4.36. The summed E-state index contributed by atoms with van der Waals surface area (Å²) in [7, 11) is 0. The van der Waals surface area contributed by atoms with E-state index in [-0.39, 0.29) is 0 Å². The summed E-state index contributed by atoms with van der Waals surface area (Å²) in [6.45, 7) is 4.00. The van der Waals surface area contributed by atoms with Gasteiger partial charge >= 0.3 is 0 Å². The van der Waals surface area contributed by atoms with Crippen LogP contribution in [0.25, 0.3) is 10.9 Å². The quantitative estimate of drug-likeness (QED) is 0.549. The molecule has 1 aromatic carbocycles. The van der Waals surface area contributed by atoms with Crippen molar-refractivity contribution in [3.05, 3.63) is 33.3 Å². The largest absolute Gasteiger partial charge is 0.233 e. The minimum absolute atomic E-state index is 0.834. The average Bonchev–Trinajstić information content (AvgIpc) is 2.06. The molecule has 66 valence electrons. The first-order chi connectivity index (χ1) is 6.16. The molecule has 0 amide bonds. The average molecular weight is 284 g/mol. The number of halogens is 1. The molecule has 2 rings (SSSR count). The van der Waals surface area contributed by atoms with Crippen LogP contribution in [-0.4, -0.2) is 9.97 Å². The molecule has 0 aliphatic carbocycles. The van der Waals surface area contributed by atoms with Crippen LogP contribution < -0.4 is 0 Å². The second-order valence-electron chi connectivity index (χ2n) is 3.08. The second-order valence-corrected chi connectivity index (χ2v) is 4.10. The minimum Gasteiger partial charge on any atom is -0.233 e. The zero-order valence-electron chi connectivity index (χ0n) is 7.50. The van der Waals surface area contributed by atoms with Crippen LogP contribution in [0.2, 0.25) is 0 Å². The van der Waals surface area contributed by atoms with Gasteiger partial charge in [-0.1, -0.05) is 11.6 Å². The number of hydrogen-bond acceptors (Lipinski definition) is 2. The molecule has 0 fully saturated rings. The van der Waals surface area contributed by atoms with Gasteiger partial charge in [-0.15, -0.1) is 0 Å². The van der Waals surface area contributed by atoms with Crippen molar-refractivity contribution in [2.75, 3.05) is 0 Å². The number of aryl methyl sites for hydroxylation is 2. The van der Waals surface area contributed by atoms with Gasteiger partial charge in [-0.25, -0.2) is 9.97 Å². The van der Waals surface area contributed by atoms with Crippen molar-refractivity contribution in [1.29, 1.82) is 0 Å². The standard InChI is InChI=1S/C10H9IN2/c1-6-3-4-9-8(5-6)10(11)13-7(2)12-9/h3-5H,1-2H3. The van der Waals surface area contributed by atoms with Gasteiger partial charge in [0.2, 0.25) is 0 Å². The van der Waals surface area contributed by atoms with Crippen molar-refractivity contribution in [3.63, 3.8) is 0 Å². The Labute approximate surface area is 90.5 Å². The molecule has 3 heteroatoms. The van der Waals surface area contributed by atoms with Gasteiger partial charge in [0.05, 0.1) is 5.52 Å². The van der Waals surface area contributed by atoms with Crippen LogP contribution >= 0.6 is 22.6 Å². The van der Waals surface area contributed by atoms with E-state index < -0.39 is 0 Å². The molecule has 13 heavy (non-hydrogen) atoms. The van der Waals surface area contributed by atoms with Crippen LogP contribution in [0.5, 0.6) is 0 Å². The van der Waals surface area contributed by atoms with Crippen molar-refractivity contribution < 1.29 is 0 Å². The van der Waals surface area contributed by atoms with E-state index in [1.807, 2.05) is 13.0 Å². The predicted molar refractivity (Wildman–Crippen MR) is 61.7 cm³/mol. The zero-order chi connectivity index (χ0) is 9.42. The van der Waals surface area contributed by atoms with Crippen molar-refractivity contribution >= 4 is 33.5 Å². The zero-order valence-corrected chi connectivity index (χ0v) is 9.66. The summed E-state index contributed by atoms with van der Waals surface area (Å²) in [5, 5.41) is 1.14. The Kier molecular flexibility index (Phi) is 2.19. The summed E-state index contributed by atoms with van der Waals surface area (Å²) in [6.07, 6.45) is 0. The number of nitrogens with zero attached hydrogens (tertiary/aromatic N) is 2. The Hall–Kier alpha value is -0.710. The lowest BCUT2D eigenvalue weighted by Gasteiger charge is -2.01. The molecule has 2 aromatic rings. The smallest absolute Gasteiger partial charge is 0.127 e. The Balaban J connectivity index is 2.87. The first-order valence-corrected chi connectivity index (χ1v) is 5.15. The lowest BCUT2D eigenvalue weighted by atomic mass is 10.2. The van der Waals surface area contributed by atoms with Gasteiger partial charge in [0.25, 0.3) is 0 Å². The molecule has 1 heterocycles. The molecule has 0 radical (unpaired) electrons. The molecule has 0 saturated heterocycles. The summed E-state index contributed by atoms with van der Waals surface area (Å²) in [4.78, 5) is 8.68. The highest BCUT2D eigenvalue weighted by Crippen LogP contribution is 2.18. The molecular formula is C10H9IN2. The Bertz CT molecular complexity index is 466. The molecule has 2 nitrogen and oxygen atoms in total. The molecule has 0 spiro atoms. The number of benzene rings is 1. The monoisotopic (exact) mass is 284 g/mol. The van der Waals surface area contributed by atoms with E-state index in [4.69, 9.17) is 0 Å². The van der Waals surface area contributed by atoms with Crippen LogP contribution in [0, 0.1) is 17.5 Å². The SMILES string of the molecule is Cc1ccc2nc(C)nc(I)c2c1. The number of hydrogen-bond donors (Lipinski definition) is 0. The van der Waals surface area contributed by atoms with Gasteiger partial charge in [0, 0.05) is 5.39 Å². The maximum Gasteiger partial charge on any atom is 0.127 e. The maximum atomic E-state index is 4.36. The van der Waals surface area contributed by atoms with Gasteiger partial charge in [-0.3, -0.25) is 0 Å². The van der Waals surface area contributed by atoms with E-state index in [1.54, 1.807) is 0 Å². The van der Waals surface area contributed by atoms with Crippen LogP contribution in [-0.2, 0) is 0 Å². The van der Waals surface area contributed by atoms with E-state index in [0.717, 1.165) is 20.4 Å². The van der Waals surface area contributed by atoms with E-state index in [2.05, 4.69) is 51.6 Å². The lowest BCUT2D eigenvalue weighted by molar-refractivity contribution is 1.07. The van der Waals surface area contributed by atoms with Crippen LogP contribution in [0.4, 0.5) is 0 Å². The molecule has 0 aliphatic rings. The van der Waals surface area contributed by atoms with E-state index >= 15 is 0 Å². The summed E-state index contributed by atoms with van der Waals surface area (Å²) < 4.78 is 1.03. The van der Waals surface area contributed by atoms with Crippen molar-refractivity contribution in [2.45, 2.75) is 13.8 Å². The molecule has 0 saturated carbocycles. The van der Waals surface area contributed by atoms with Gasteiger partial charge in [-0.05, 0) is 48.6 Å². The van der Waals surface area contributed by atoms with E-state index in [1.165, 1.54) is 5.56 Å². The lowest BCUT2D eigenvalue weighted by Crippen LogP contribution is -1.92. The second kappa shape index (κ2) is 3.21. The Morgan fingerprint density at radius 2 is 1.92 bits per heavy atom. The highest BCUT2D eigenvalue weighted by Gasteiger charge is 2.02. The highest BCUT2D eigenvalue weighted by molar-refractivity contribution is 14.1. The summed E-state index contributed by atoms with van der Waals surface area (Å²) in [6, 6.07) is 6.24. The summed E-state index contributed by atoms with van der Waals surface area (Å²) >= 11 is 2.25. The van der Waals surface area contributed by atoms with E-state index in [9.17, 15) is 0 Å². The van der Waals surface area contributed by atoms with Gasteiger partial charge in [0.15, 0.2) is 0 Å². The molecule has 0 atom stereocenters. The summed E-state index contributed by atoms with van der Waals surface area (Å²) in [5.41, 5.74) is 2.28. The van der Waals surface area contributed by atoms with Gasteiger partial charge in [-0.2, -0.15) is 0 Å². The third kappa shape index (κ3) is 1.65. The fourth-order valence-electron chi connectivity index (χ4n) is 1.31. The molecule has 0 bridgehead atoms. The Morgan fingerprint density at radius 3 is 2.69 bits per heavy atom. The number of aromatic nitrogens is 2. The first kappa shape index (κ1) is 8.87. The van der Waals surface area contributed by atoms with E-state index in [0.29, 0.717) is 0 Å². The fraction of sp³-hybridized carbons (Fsp3) is 0.200. The minimum atomic E-state index is 0.834. The third-order valence-electron chi connectivity index (χ3n) is 1.92. The third-order valence-corrected chi connectivity index (χ3v) is 2.74. The highest BCUT2D eigenvalue weighted by atomic mass is 127. The normalized spacial score (nSPS) is 10.7.